The number of rotatable bonds is 6. The summed E-state index contributed by atoms with van der Waals surface area (Å²) >= 11 is 0. The van der Waals surface area contributed by atoms with E-state index in [4.69, 9.17) is 0 Å². The molecule has 0 bridgehead atoms. The second-order valence-electron chi connectivity index (χ2n) is 8.76. The van der Waals surface area contributed by atoms with E-state index in [-0.39, 0.29) is 29.1 Å². The molecule has 4 rings (SSSR count). The van der Waals surface area contributed by atoms with Crippen LogP contribution in [0, 0.1) is 12.7 Å². The second kappa shape index (κ2) is 9.52. The molecule has 1 aromatic carbocycles. The first-order valence-corrected chi connectivity index (χ1v) is 11.2. The number of benzene rings is 1. The molecule has 1 aliphatic rings. The van der Waals surface area contributed by atoms with Crippen LogP contribution in [0.1, 0.15) is 55.7 Å². The zero-order chi connectivity index (χ0) is 25.4. The highest BCUT2D eigenvalue weighted by atomic mass is 19.3. The van der Waals surface area contributed by atoms with Gasteiger partial charge in [0.05, 0.1) is 28.6 Å². The molecule has 1 N–H and O–H groups in total. The number of halogens is 3. The highest BCUT2D eigenvalue weighted by Crippen LogP contribution is 2.32. The van der Waals surface area contributed by atoms with E-state index in [0.29, 0.717) is 35.5 Å². The van der Waals surface area contributed by atoms with Gasteiger partial charge in [-0.1, -0.05) is 24.3 Å². The predicted molar refractivity (Wildman–Crippen MR) is 127 cm³/mol. The Balaban J connectivity index is 1.77. The Bertz CT molecular complexity index is 1360. The lowest BCUT2D eigenvalue weighted by atomic mass is 10.0. The minimum atomic E-state index is -2.96. The van der Waals surface area contributed by atoms with Crippen molar-refractivity contribution in [2.75, 3.05) is 11.9 Å². The van der Waals surface area contributed by atoms with Gasteiger partial charge in [0.1, 0.15) is 17.5 Å². The second-order valence-corrected chi connectivity index (χ2v) is 8.76. The molecule has 0 radical (unpaired) electrons. The number of nitrogens with zero attached hydrogens (tertiary/aromatic N) is 4. The van der Waals surface area contributed by atoms with Crippen LogP contribution in [0.15, 0.2) is 47.9 Å². The van der Waals surface area contributed by atoms with Gasteiger partial charge in [-0.3, -0.25) is 9.59 Å². The van der Waals surface area contributed by atoms with Gasteiger partial charge in [-0.2, -0.15) is 0 Å². The summed E-state index contributed by atoms with van der Waals surface area (Å²) in [6.07, 6.45) is 0.685. The van der Waals surface area contributed by atoms with Crippen LogP contribution >= 0.6 is 0 Å². The number of nitrogens with one attached hydrogen (secondary N) is 1. The third-order valence-corrected chi connectivity index (χ3v) is 6.38. The van der Waals surface area contributed by atoms with Crippen LogP contribution < -0.4 is 10.9 Å². The molecule has 1 fully saturated rings. The van der Waals surface area contributed by atoms with Crippen molar-refractivity contribution in [2.24, 2.45) is 0 Å². The minimum absolute atomic E-state index is 0.00254. The fraction of sp³-hybridized carbons (Fsp3) is 0.360. The van der Waals surface area contributed by atoms with Crippen molar-refractivity contribution in [2.45, 2.75) is 51.7 Å². The number of carbonyl (C=O) groups is 1. The molecule has 3 atom stereocenters. The van der Waals surface area contributed by atoms with Crippen molar-refractivity contribution in [3.8, 4) is 0 Å². The zero-order valence-electron chi connectivity index (χ0n) is 19.6. The molecular formula is C25H26F3N5O2. The van der Waals surface area contributed by atoms with Crippen LogP contribution in [0.3, 0.4) is 0 Å². The topological polar surface area (TPSA) is 80.1 Å². The fourth-order valence-electron chi connectivity index (χ4n) is 4.66. The van der Waals surface area contributed by atoms with E-state index < -0.39 is 23.8 Å². The number of carbonyl (C=O) groups excluding carboxylic acids is 1. The van der Waals surface area contributed by atoms with E-state index in [1.165, 1.54) is 31.2 Å². The molecule has 3 aromatic rings. The largest absolute Gasteiger partial charge is 0.359 e. The van der Waals surface area contributed by atoms with Gasteiger partial charge < -0.3 is 14.8 Å². The van der Waals surface area contributed by atoms with Crippen molar-refractivity contribution < 1.29 is 18.0 Å². The molecular weight excluding hydrogens is 459 g/mol. The smallest absolute Gasteiger partial charge is 0.266 e. The average molecular weight is 486 g/mol. The lowest BCUT2D eigenvalue weighted by Crippen LogP contribution is -2.32. The lowest BCUT2D eigenvalue weighted by Gasteiger charge is -2.21. The van der Waals surface area contributed by atoms with Crippen molar-refractivity contribution in [1.29, 1.82) is 0 Å². The number of hydrogen-bond acceptors (Lipinski definition) is 5. The highest BCUT2D eigenvalue weighted by molar-refractivity contribution is 5.88. The number of fused-ring (bicyclic) bond motifs is 1. The first-order chi connectivity index (χ1) is 16.6. The van der Waals surface area contributed by atoms with Gasteiger partial charge in [0.25, 0.3) is 12.0 Å². The number of alkyl halides is 2. The SMILES string of the molecule is C=CC(Nc1nc(C)nc2cc(=O)n(C3CC(C)N(C(C)=O)C3)cc12)c1cccc(C(F)F)c1F. The Morgan fingerprint density at radius 1 is 1.29 bits per heavy atom. The maximum absolute atomic E-state index is 14.8. The number of likely N-dealkylation sites (tertiary alicyclic amines) is 1. The Kier molecular flexibility index (Phi) is 6.64. The van der Waals surface area contributed by atoms with Crippen LogP contribution in [-0.2, 0) is 4.79 Å². The normalized spacial score (nSPS) is 18.8. The number of aryl methyl sites for hydroxylation is 1. The molecule has 1 amide bonds. The highest BCUT2D eigenvalue weighted by Gasteiger charge is 2.32. The molecule has 2 aromatic heterocycles. The minimum Gasteiger partial charge on any atom is -0.359 e. The molecule has 1 aliphatic heterocycles. The van der Waals surface area contributed by atoms with Gasteiger partial charge in [0, 0.05) is 37.3 Å². The Morgan fingerprint density at radius 2 is 2.00 bits per heavy atom. The van der Waals surface area contributed by atoms with Gasteiger partial charge in [0.15, 0.2) is 0 Å². The summed E-state index contributed by atoms with van der Waals surface area (Å²) in [5.41, 5.74) is -0.572. The molecule has 10 heteroatoms. The van der Waals surface area contributed by atoms with Crippen LogP contribution in [0.5, 0.6) is 0 Å². The van der Waals surface area contributed by atoms with Gasteiger partial charge in [0.2, 0.25) is 5.91 Å². The van der Waals surface area contributed by atoms with Crippen molar-refractivity contribution in [3.63, 3.8) is 0 Å². The summed E-state index contributed by atoms with van der Waals surface area (Å²) in [6, 6.07) is 4.10. The third-order valence-electron chi connectivity index (χ3n) is 6.38. The quantitative estimate of drug-likeness (QED) is 0.512. The predicted octanol–water partition coefficient (Wildman–Crippen LogP) is 4.70. The van der Waals surface area contributed by atoms with Gasteiger partial charge in [-0.05, 0) is 20.3 Å². The monoisotopic (exact) mass is 485 g/mol. The number of amides is 1. The fourth-order valence-corrected chi connectivity index (χ4v) is 4.66. The Labute approximate surface area is 200 Å². The van der Waals surface area contributed by atoms with Crippen molar-refractivity contribution in [1.82, 2.24) is 19.4 Å². The van der Waals surface area contributed by atoms with Crippen molar-refractivity contribution in [3.05, 3.63) is 76.2 Å². The van der Waals surface area contributed by atoms with E-state index in [1.807, 2.05) is 6.92 Å². The third kappa shape index (κ3) is 4.65. The van der Waals surface area contributed by atoms with Gasteiger partial charge in [-0.25, -0.2) is 23.1 Å². The molecule has 1 saturated heterocycles. The molecule has 3 unspecified atom stereocenters. The molecule has 35 heavy (non-hydrogen) atoms. The van der Waals surface area contributed by atoms with Gasteiger partial charge in [-0.15, -0.1) is 6.58 Å². The zero-order valence-corrected chi connectivity index (χ0v) is 19.6. The molecule has 184 valence electrons. The van der Waals surface area contributed by atoms with E-state index in [9.17, 15) is 22.8 Å². The summed E-state index contributed by atoms with van der Waals surface area (Å²) in [4.78, 5) is 35.4. The standard InChI is InChI=1S/C25H26F3N5O2/c1-5-20(17-7-6-8-18(23(17)26)24(27)28)31-25-19-12-33(16-9-13(2)32(11-16)15(4)34)22(35)10-21(19)29-14(3)30-25/h5-8,10,12-13,16,20,24H,1,9,11H2,2-4H3,(H,29,30,31). The van der Waals surface area contributed by atoms with E-state index in [0.717, 1.165) is 6.07 Å². The number of pyridine rings is 1. The summed E-state index contributed by atoms with van der Waals surface area (Å²) in [7, 11) is 0. The van der Waals surface area contributed by atoms with E-state index in [2.05, 4.69) is 21.9 Å². The van der Waals surface area contributed by atoms with Crippen molar-refractivity contribution >= 4 is 22.6 Å². The summed E-state index contributed by atoms with van der Waals surface area (Å²) in [6.45, 7) is 9.21. The van der Waals surface area contributed by atoms with Crippen LogP contribution in [0.2, 0.25) is 0 Å². The van der Waals surface area contributed by atoms with E-state index >= 15 is 0 Å². The molecule has 3 heterocycles. The molecule has 7 nitrogen and oxygen atoms in total. The molecule has 0 spiro atoms. The van der Waals surface area contributed by atoms with E-state index in [1.54, 1.807) is 22.6 Å². The molecule has 0 aliphatic carbocycles. The first-order valence-electron chi connectivity index (χ1n) is 11.2. The number of aromatic nitrogens is 3. The van der Waals surface area contributed by atoms with Crippen LogP contribution in [-0.4, -0.2) is 37.9 Å². The Morgan fingerprint density at radius 3 is 2.63 bits per heavy atom. The summed E-state index contributed by atoms with van der Waals surface area (Å²) in [5.74, 6) is -0.394. The lowest BCUT2D eigenvalue weighted by molar-refractivity contribution is -0.129. The molecule has 0 saturated carbocycles. The number of anilines is 1. The maximum atomic E-state index is 14.8. The van der Waals surface area contributed by atoms with Crippen LogP contribution in [0.4, 0.5) is 19.0 Å². The number of hydrogen-bond donors (Lipinski definition) is 1. The first kappa shape index (κ1) is 24.4. The Hall–Kier alpha value is -3.69. The summed E-state index contributed by atoms with van der Waals surface area (Å²) in [5, 5.41) is 3.58. The van der Waals surface area contributed by atoms with Crippen LogP contribution in [0.25, 0.3) is 10.9 Å². The average Bonchev–Trinajstić information content (AvgIpc) is 3.18. The van der Waals surface area contributed by atoms with Gasteiger partial charge >= 0.3 is 0 Å². The maximum Gasteiger partial charge on any atom is 0.266 e. The summed E-state index contributed by atoms with van der Waals surface area (Å²) < 4.78 is 42.9.